The fraction of sp³-hybridized carbons (Fsp3) is 0.263. The Morgan fingerprint density at radius 3 is 1.11 bits per heavy atom. The molecule has 2 aromatic carbocycles. The summed E-state index contributed by atoms with van der Waals surface area (Å²) in [6, 6.07) is -0.235. The summed E-state index contributed by atoms with van der Waals surface area (Å²) >= 11 is 0. The second-order valence-corrected chi connectivity index (χ2v) is 7.09. The van der Waals surface area contributed by atoms with Crippen molar-refractivity contribution in [3.05, 3.63) is 58.7 Å². The highest BCUT2D eigenvalue weighted by Gasteiger charge is 2.86. The van der Waals surface area contributed by atoms with Crippen LogP contribution in [0.4, 0.5) is 55.3 Å². The molecule has 0 aliphatic heterocycles. The van der Waals surface area contributed by atoms with Crippen LogP contribution in [0.25, 0.3) is 0 Å². The maximum absolute atomic E-state index is 14.4. The van der Waals surface area contributed by atoms with Crippen LogP contribution in [0, 0.1) is 0 Å². The normalized spacial score (nSPS) is 13.5. The van der Waals surface area contributed by atoms with Crippen molar-refractivity contribution >= 4 is 23.3 Å². The molecular weight excluding hydrogens is 510 g/mol. The maximum atomic E-state index is 14.4. The van der Waals surface area contributed by atoms with Crippen LogP contribution in [0.2, 0.25) is 0 Å². The maximum Gasteiger partial charge on any atom is 0.385 e. The lowest BCUT2D eigenvalue weighted by atomic mass is 9.87. The molecule has 16 heteroatoms. The molecule has 0 aliphatic rings. The lowest BCUT2D eigenvalue weighted by Crippen LogP contribution is -2.65. The molecule has 0 radical (unpaired) electrons. The molecule has 0 heterocycles. The van der Waals surface area contributed by atoms with Crippen LogP contribution in [0.1, 0.15) is 31.8 Å². The number of rotatable bonds is 8. The van der Waals surface area contributed by atoms with Crippen molar-refractivity contribution in [3.8, 4) is 0 Å². The first-order valence-corrected chi connectivity index (χ1v) is 8.80. The number of halogens is 10. The first-order valence-electron chi connectivity index (χ1n) is 8.80. The Balaban J connectivity index is 2.67. The van der Waals surface area contributed by atoms with Crippen molar-refractivity contribution in [2.75, 3.05) is 11.5 Å². The largest absolute Gasteiger partial charge is 0.478 e. The van der Waals surface area contributed by atoms with Gasteiger partial charge in [0.05, 0.1) is 11.1 Å². The summed E-state index contributed by atoms with van der Waals surface area (Å²) in [6.45, 7) is 0. The Morgan fingerprint density at radius 1 is 0.571 bits per heavy atom. The third-order valence-electron chi connectivity index (χ3n) is 4.87. The van der Waals surface area contributed by atoms with Crippen molar-refractivity contribution in [2.45, 2.75) is 29.6 Å². The average molecular weight is 522 g/mol. The fourth-order valence-corrected chi connectivity index (χ4v) is 2.83. The van der Waals surface area contributed by atoms with Crippen molar-refractivity contribution < 1.29 is 63.7 Å². The predicted octanol–water partition coefficient (Wildman–Crippen LogP) is 5.04. The number of carboxylic acids is 2. The van der Waals surface area contributed by atoms with E-state index in [1.54, 1.807) is 0 Å². The zero-order chi connectivity index (χ0) is 27.4. The summed E-state index contributed by atoms with van der Waals surface area (Å²) in [5.41, 5.74) is 1.62. The number of hydrogen-bond acceptors (Lipinski definition) is 4. The zero-order valence-electron chi connectivity index (χ0n) is 16.6. The highest BCUT2D eigenvalue weighted by Crippen LogP contribution is 2.61. The molecular formula is C19H12F10N2O4. The van der Waals surface area contributed by atoms with E-state index in [-0.39, 0.29) is 36.4 Å². The SMILES string of the molecule is Nc1ccc(C(F)(F)C(F)(F)C(F)(F)C(F)(F)C(F)(F)c2ccc(N)c(C(=O)O)c2)cc1C(=O)O. The van der Waals surface area contributed by atoms with E-state index in [0.29, 0.717) is 0 Å². The first kappa shape index (κ1) is 27.5. The van der Waals surface area contributed by atoms with Gasteiger partial charge in [-0.15, -0.1) is 0 Å². The van der Waals surface area contributed by atoms with Gasteiger partial charge in [-0.1, -0.05) is 12.1 Å². The van der Waals surface area contributed by atoms with Gasteiger partial charge in [0.25, 0.3) is 0 Å². The molecule has 2 rings (SSSR count). The van der Waals surface area contributed by atoms with Crippen LogP contribution in [-0.4, -0.2) is 39.9 Å². The van der Waals surface area contributed by atoms with E-state index in [2.05, 4.69) is 0 Å². The number of alkyl halides is 10. The smallest absolute Gasteiger partial charge is 0.385 e. The summed E-state index contributed by atoms with van der Waals surface area (Å²) in [5, 5.41) is 17.7. The van der Waals surface area contributed by atoms with Crippen molar-refractivity contribution in [1.82, 2.24) is 0 Å². The molecule has 0 bridgehead atoms. The lowest BCUT2D eigenvalue weighted by molar-refractivity contribution is -0.407. The molecule has 0 amide bonds. The van der Waals surface area contributed by atoms with Crippen molar-refractivity contribution in [1.29, 1.82) is 0 Å². The molecule has 0 fully saturated rings. The van der Waals surface area contributed by atoms with Gasteiger partial charge in [-0.05, 0) is 24.3 Å². The van der Waals surface area contributed by atoms with E-state index in [9.17, 15) is 53.5 Å². The molecule has 2 aromatic rings. The van der Waals surface area contributed by atoms with E-state index < -0.39 is 75.2 Å². The number of nitrogen functional groups attached to an aromatic ring is 2. The summed E-state index contributed by atoms with van der Waals surface area (Å²) in [6.07, 6.45) is 0. The van der Waals surface area contributed by atoms with Crippen LogP contribution in [0.3, 0.4) is 0 Å². The molecule has 0 spiro atoms. The highest BCUT2D eigenvalue weighted by atomic mass is 19.4. The molecule has 0 saturated heterocycles. The van der Waals surface area contributed by atoms with Crippen LogP contribution < -0.4 is 11.5 Å². The Hall–Kier alpha value is -3.72. The van der Waals surface area contributed by atoms with E-state index in [1.807, 2.05) is 0 Å². The topological polar surface area (TPSA) is 127 Å². The van der Waals surface area contributed by atoms with Crippen molar-refractivity contribution in [2.24, 2.45) is 0 Å². The minimum absolute atomic E-state index is 0.0822. The van der Waals surface area contributed by atoms with E-state index >= 15 is 0 Å². The Kier molecular flexibility index (Phi) is 6.45. The minimum Gasteiger partial charge on any atom is -0.478 e. The summed E-state index contributed by atoms with van der Waals surface area (Å²) in [7, 11) is 0. The third kappa shape index (κ3) is 3.95. The standard InChI is InChI=1S/C19H12F10N2O4/c20-15(21,7-1-3-11(30)9(5-7)13(32)33)17(24,25)19(28,29)18(26,27)16(22,23)8-2-4-12(31)10(6-8)14(34)35/h1-6H,30-31H2,(H,32,33)(H,34,35). The summed E-state index contributed by atoms with van der Waals surface area (Å²) in [4.78, 5) is 21.9. The predicted molar refractivity (Wildman–Crippen MR) is 98.3 cm³/mol. The van der Waals surface area contributed by atoms with Crippen molar-refractivity contribution in [3.63, 3.8) is 0 Å². The highest BCUT2D eigenvalue weighted by molar-refractivity contribution is 5.94. The van der Waals surface area contributed by atoms with Gasteiger partial charge in [-0.25, -0.2) is 9.59 Å². The molecule has 6 nitrogen and oxygen atoms in total. The van der Waals surface area contributed by atoms with Gasteiger partial charge in [-0.2, -0.15) is 43.9 Å². The molecule has 0 aromatic heterocycles. The van der Waals surface area contributed by atoms with E-state index in [1.165, 1.54) is 0 Å². The van der Waals surface area contributed by atoms with E-state index in [4.69, 9.17) is 21.7 Å². The average Bonchev–Trinajstić information content (AvgIpc) is 2.72. The Labute approximate surface area is 187 Å². The van der Waals surface area contributed by atoms with Crippen LogP contribution in [0.15, 0.2) is 36.4 Å². The fourth-order valence-electron chi connectivity index (χ4n) is 2.83. The molecule has 0 saturated carbocycles. The molecule has 192 valence electrons. The number of hydrogen-bond donors (Lipinski definition) is 4. The van der Waals surface area contributed by atoms with Gasteiger partial charge in [0.2, 0.25) is 0 Å². The lowest BCUT2D eigenvalue weighted by Gasteiger charge is -2.39. The summed E-state index contributed by atoms with van der Waals surface area (Å²) in [5.74, 6) is -38.8. The van der Waals surface area contributed by atoms with Gasteiger partial charge in [-0.3, -0.25) is 0 Å². The third-order valence-corrected chi connectivity index (χ3v) is 4.87. The second-order valence-electron chi connectivity index (χ2n) is 7.09. The number of anilines is 2. The number of carboxylic acid groups (broad SMARTS) is 2. The number of benzene rings is 2. The molecule has 0 aliphatic carbocycles. The molecule has 0 unspecified atom stereocenters. The number of aromatic carboxylic acids is 2. The molecule has 6 N–H and O–H groups in total. The Bertz CT molecular complexity index is 1090. The number of nitrogens with two attached hydrogens (primary N) is 2. The van der Waals surface area contributed by atoms with E-state index in [0.717, 1.165) is 0 Å². The summed E-state index contributed by atoms with van der Waals surface area (Å²) < 4.78 is 143. The quantitative estimate of drug-likeness (QED) is 0.284. The second kappa shape index (κ2) is 8.20. The molecule has 0 atom stereocenters. The van der Waals surface area contributed by atoms with Gasteiger partial charge < -0.3 is 21.7 Å². The zero-order valence-corrected chi connectivity index (χ0v) is 16.6. The van der Waals surface area contributed by atoms with Crippen LogP contribution >= 0.6 is 0 Å². The number of carbonyl (C=O) groups is 2. The monoisotopic (exact) mass is 522 g/mol. The Morgan fingerprint density at radius 2 is 0.857 bits per heavy atom. The van der Waals surface area contributed by atoms with Gasteiger partial charge >= 0.3 is 41.6 Å². The van der Waals surface area contributed by atoms with Gasteiger partial charge in [0, 0.05) is 22.5 Å². The van der Waals surface area contributed by atoms with Crippen LogP contribution in [-0.2, 0) is 11.8 Å². The van der Waals surface area contributed by atoms with Crippen LogP contribution in [0.5, 0.6) is 0 Å². The minimum atomic E-state index is -7.50. The first-order chi connectivity index (χ1) is 15.6. The van der Waals surface area contributed by atoms with Gasteiger partial charge in [0.15, 0.2) is 0 Å². The van der Waals surface area contributed by atoms with Gasteiger partial charge in [0.1, 0.15) is 0 Å². The molecule has 35 heavy (non-hydrogen) atoms.